The highest BCUT2D eigenvalue weighted by Crippen LogP contribution is 2.45. The monoisotopic (exact) mass is 476 g/mol. The van der Waals surface area contributed by atoms with Crippen LogP contribution in [0.5, 0.6) is 5.75 Å². The quantitative estimate of drug-likeness (QED) is 0.325. The fraction of sp³-hybridized carbons (Fsp3) is 0.483. The summed E-state index contributed by atoms with van der Waals surface area (Å²) < 4.78 is 14.5. The van der Waals surface area contributed by atoms with Crippen molar-refractivity contribution in [2.24, 2.45) is 4.99 Å². The molecular formula is C29H40N2O2Si. The Kier molecular flexibility index (Phi) is 6.45. The van der Waals surface area contributed by atoms with E-state index in [2.05, 4.69) is 96.2 Å². The summed E-state index contributed by atoms with van der Waals surface area (Å²) in [7, 11) is -0.109. The zero-order chi connectivity index (χ0) is 24.8. The predicted molar refractivity (Wildman–Crippen MR) is 147 cm³/mol. The number of hydrogen-bond donors (Lipinski definition) is 0. The van der Waals surface area contributed by atoms with Crippen LogP contribution in [0.15, 0.2) is 53.7 Å². The van der Waals surface area contributed by atoms with Gasteiger partial charge in [-0.15, -0.1) is 0 Å². The molecule has 0 fully saturated rings. The molecular weight excluding hydrogens is 436 g/mol. The second-order valence-corrected chi connectivity index (χ2v) is 16.9. The first-order chi connectivity index (χ1) is 16.0. The van der Waals surface area contributed by atoms with Gasteiger partial charge in [-0.25, -0.2) is 4.99 Å². The predicted octanol–water partition coefficient (Wildman–Crippen LogP) is 7.90. The number of benzene rings is 2. The van der Waals surface area contributed by atoms with Gasteiger partial charge in [0.05, 0.1) is 18.2 Å². The van der Waals surface area contributed by atoms with E-state index in [-0.39, 0.29) is 5.54 Å². The maximum absolute atomic E-state index is 6.05. The Morgan fingerprint density at radius 1 is 0.971 bits per heavy atom. The Morgan fingerprint density at radius 2 is 1.65 bits per heavy atom. The fourth-order valence-electron chi connectivity index (χ4n) is 6.36. The van der Waals surface area contributed by atoms with Crippen molar-refractivity contribution in [3.05, 3.63) is 54.2 Å². The van der Waals surface area contributed by atoms with Gasteiger partial charge in [0.15, 0.2) is 8.24 Å². The SMILES string of the molecule is COc1cccc(-c2ccc3c(ccn3[Si](C(C)C)(C(C)C)C(C)C)c2)c1C1=NC(C)(C)CO1. The van der Waals surface area contributed by atoms with Gasteiger partial charge >= 0.3 is 0 Å². The van der Waals surface area contributed by atoms with Gasteiger partial charge in [0.1, 0.15) is 12.4 Å². The van der Waals surface area contributed by atoms with Gasteiger partial charge in [-0.1, -0.05) is 59.7 Å². The summed E-state index contributed by atoms with van der Waals surface area (Å²) in [4.78, 5) is 4.86. The van der Waals surface area contributed by atoms with Crippen molar-refractivity contribution in [3.63, 3.8) is 0 Å². The van der Waals surface area contributed by atoms with Gasteiger partial charge < -0.3 is 13.7 Å². The van der Waals surface area contributed by atoms with Crippen molar-refractivity contribution >= 4 is 25.0 Å². The third kappa shape index (κ3) is 3.88. The second kappa shape index (κ2) is 8.92. The minimum atomic E-state index is -1.82. The molecule has 5 heteroatoms. The van der Waals surface area contributed by atoms with Crippen LogP contribution in [0.4, 0.5) is 0 Å². The molecule has 1 aliphatic heterocycles. The van der Waals surface area contributed by atoms with Crippen molar-refractivity contribution in [2.45, 2.75) is 77.6 Å². The molecule has 3 aromatic rings. The van der Waals surface area contributed by atoms with Gasteiger partial charge in [0, 0.05) is 5.52 Å². The Balaban J connectivity index is 1.89. The molecule has 2 heterocycles. The average molecular weight is 477 g/mol. The summed E-state index contributed by atoms with van der Waals surface area (Å²) in [6.45, 7) is 19.3. The molecule has 0 bridgehead atoms. The summed E-state index contributed by atoms with van der Waals surface area (Å²) in [6.07, 6.45) is 2.35. The fourth-order valence-corrected chi connectivity index (χ4v) is 13.0. The standard InChI is InChI=1S/C29H40N2O2Si/c1-19(2)34(20(3)4,21(5)6)31-16-15-23-17-22(13-14-25(23)31)24-11-10-12-26(32-9)27(24)28-30-29(7,8)18-33-28/h10-17,19-21H,18H2,1-9H3. The van der Waals surface area contributed by atoms with Crippen LogP contribution in [0, 0.1) is 0 Å². The highest BCUT2D eigenvalue weighted by atomic mass is 28.3. The van der Waals surface area contributed by atoms with E-state index in [4.69, 9.17) is 14.5 Å². The molecule has 0 saturated heterocycles. The topological polar surface area (TPSA) is 35.8 Å². The van der Waals surface area contributed by atoms with Gasteiger partial charge in [-0.3, -0.25) is 0 Å². The highest BCUT2D eigenvalue weighted by molar-refractivity contribution is 6.82. The van der Waals surface area contributed by atoms with Gasteiger partial charge in [0.25, 0.3) is 0 Å². The van der Waals surface area contributed by atoms with E-state index in [1.165, 1.54) is 10.9 Å². The number of hydrogen-bond acceptors (Lipinski definition) is 3. The van der Waals surface area contributed by atoms with Crippen LogP contribution in [0.3, 0.4) is 0 Å². The molecule has 0 spiro atoms. The van der Waals surface area contributed by atoms with Crippen molar-refractivity contribution < 1.29 is 9.47 Å². The van der Waals surface area contributed by atoms with E-state index < -0.39 is 8.24 Å². The molecule has 0 saturated carbocycles. The Bertz CT molecular complexity index is 1200. The molecule has 0 atom stereocenters. The minimum absolute atomic E-state index is 0.229. The van der Waals surface area contributed by atoms with Crippen molar-refractivity contribution in [3.8, 4) is 16.9 Å². The van der Waals surface area contributed by atoms with E-state index in [0.29, 0.717) is 29.1 Å². The zero-order valence-electron chi connectivity index (χ0n) is 22.3. The Hall–Kier alpha value is -2.53. The number of aromatic nitrogens is 1. The lowest BCUT2D eigenvalue weighted by Crippen LogP contribution is -2.51. The zero-order valence-corrected chi connectivity index (χ0v) is 23.3. The first-order valence-electron chi connectivity index (χ1n) is 12.5. The van der Waals surface area contributed by atoms with Crippen LogP contribution < -0.4 is 4.74 Å². The second-order valence-electron chi connectivity index (χ2n) is 11.2. The molecule has 4 nitrogen and oxygen atoms in total. The van der Waals surface area contributed by atoms with E-state index in [0.717, 1.165) is 22.4 Å². The number of fused-ring (bicyclic) bond motifs is 1. The van der Waals surface area contributed by atoms with E-state index >= 15 is 0 Å². The summed E-state index contributed by atoms with van der Waals surface area (Å²) in [6, 6.07) is 15.3. The molecule has 0 aliphatic carbocycles. The third-order valence-electron chi connectivity index (χ3n) is 7.62. The molecule has 2 aromatic carbocycles. The summed E-state index contributed by atoms with van der Waals surface area (Å²) >= 11 is 0. The first kappa shape index (κ1) is 24.6. The molecule has 34 heavy (non-hydrogen) atoms. The van der Waals surface area contributed by atoms with Crippen LogP contribution >= 0.6 is 0 Å². The van der Waals surface area contributed by atoms with Crippen LogP contribution in [0.2, 0.25) is 16.6 Å². The van der Waals surface area contributed by atoms with Gasteiger partial charge in [-0.2, -0.15) is 0 Å². The molecule has 1 aromatic heterocycles. The molecule has 1 aliphatic rings. The van der Waals surface area contributed by atoms with E-state index in [9.17, 15) is 0 Å². The molecule has 0 N–H and O–H groups in total. The minimum Gasteiger partial charge on any atom is -0.496 e. The number of aliphatic imine (C=N–C) groups is 1. The lowest BCUT2D eigenvalue weighted by atomic mass is 9.97. The molecule has 0 amide bonds. The molecule has 4 rings (SSSR count). The first-order valence-corrected chi connectivity index (χ1v) is 14.7. The summed E-state index contributed by atoms with van der Waals surface area (Å²) in [5, 5.41) is 1.28. The van der Waals surface area contributed by atoms with Crippen molar-refractivity contribution in [1.82, 2.24) is 4.23 Å². The molecule has 0 radical (unpaired) electrons. The largest absolute Gasteiger partial charge is 0.496 e. The lowest BCUT2D eigenvalue weighted by molar-refractivity contribution is 0.278. The number of rotatable bonds is 7. The normalized spacial score (nSPS) is 15.9. The van der Waals surface area contributed by atoms with Crippen molar-refractivity contribution in [2.75, 3.05) is 13.7 Å². The smallest absolute Gasteiger partial charge is 0.221 e. The summed E-state index contributed by atoms with van der Waals surface area (Å²) in [5.41, 5.74) is 6.23. The molecule has 0 unspecified atom stereocenters. The Labute approximate surface area is 206 Å². The number of methoxy groups -OCH3 is 1. The number of ether oxygens (including phenoxy) is 2. The van der Waals surface area contributed by atoms with Crippen LogP contribution in [-0.4, -0.2) is 37.6 Å². The Morgan fingerprint density at radius 3 is 2.21 bits per heavy atom. The lowest BCUT2D eigenvalue weighted by Gasteiger charge is -2.44. The highest BCUT2D eigenvalue weighted by Gasteiger charge is 2.45. The third-order valence-corrected chi connectivity index (χ3v) is 14.4. The van der Waals surface area contributed by atoms with Crippen LogP contribution in [0.1, 0.15) is 61.0 Å². The maximum Gasteiger partial charge on any atom is 0.221 e. The summed E-state index contributed by atoms with van der Waals surface area (Å²) in [5.74, 6) is 1.46. The van der Waals surface area contributed by atoms with Gasteiger partial charge in [-0.05, 0) is 77.4 Å². The molecule has 182 valence electrons. The number of nitrogens with zero attached hydrogens (tertiary/aromatic N) is 2. The van der Waals surface area contributed by atoms with Gasteiger partial charge in [0.2, 0.25) is 5.90 Å². The van der Waals surface area contributed by atoms with Crippen molar-refractivity contribution in [1.29, 1.82) is 0 Å². The van der Waals surface area contributed by atoms with E-state index in [1.54, 1.807) is 7.11 Å². The average Bonchev–Trinajstić information content (AvgIpc) is 3.35. The van der Waals surface area contributed by atoms with E-state index in [1.807, 2.05) is 12.1 Å². The van der Waals surface area contributed by atoms with Crippen LogP contribution in [0.25, 0.3) is 22.0 Å². The van der Waals surface area contributed by atoms with Crippen LogP contribution in [-0.2, 0) is 4.74 Å². The maximum atomic E-state index is 6.05.